The Morgan fingerprint density at radius 2 is 1.94 bits per heavy atom. The molecule has 3 aromatic rings. The van der Waals surface area contributed by atoms with Gasteiger partial charge in [0.05, 0.1) is 11.9 Å². The minimum Gasteiger partial charge on any atom is -0.508 e. The summed E-state index contributed by atoms with van der Waals surface area (Å²) in [6.45, 7) is 6.45. The van der Waals surface area contributed by atoms with Gasteiger partial charge >= 0.3 is 0 Å². The molecular formula is C24H33ClN6O2. The van der Waals surface area contributed by atoms with Gasteiger partial charge in [0.25, 0.3) is 0 Å². The van der Waals surface area contributed by atoms with Crippen molar-refractivity contribution in [3.05, 3.63) is 35.1 Å². The van der Waals surface area contributed by atoms with E-state index in [2.05, 4.69) is 25.2 Å². The molecular weight excluding hydrogens is 440 g/mol. The van der Waals surface area contributed by atoms with Crippen LogP contribution in [-0.4, -0.2) is 41.9 Å². The fourth-order valence-corrected chi connectivity index (χ4v) is 4.31. The monoisotopic (exact) mass is 472 g/mol. The molecule has 178 valence electrons. The van der Waals surface area contributed by atoms with Crippen molar-refractivity contribution in [1.82, 2.24) is 19.5 Å². The fourth-order valence-electron chi connectivity index (χ4n) is 4.11. The minimum absolute atomic E-state index is 0.000121. The number of hydrogen-bond donors (Lipinski definition) is 4. The number of nitrogens with zero attached hydrogens (tertiary/aromatic N) is 4. The molecule has 8 nitrogen and oxygen atoms in total. The third-order valence-electron chi connectivity index (χ3n) is 6.65. The van der Waals surface area contributed by atoms with E-state index in [0.717, 1.165) is 18.5 Å². The molecule has 0 radical (unpaired) electrons. The molecule has 0 saturated heterocycles. The summed E-state index contributed by atoms with van der Waals surface area (Å²) in [5.41, 5.74) is 1.34. The molecule has 2 aromatic heterocycles. The first-order chi connectivity index (χ1) is 15.7. The van der Waals surface area contributed by atoms with Crippen molar-refractivity contribution >= 4 is 34.5 Å². The smallest absolute Gasteiger partial charge is 0.226 e. The fraction of sp³-hybridized carbons (Fsp3) is 0.542. The van der Waals surface area contributed by atoms with Crippen LogP contribution >= 0.6 is 11.6 Å². The minimum atomic E-state index is -0.813. The van der Waals surface area contributed by atoms with E-state index in [1.807, 2.05) is 13.3 Å². The summed E-state index contributed by atoms with van der Waals surface area (Å²) in [5.74, 6) is 1.24. The van der Waals surface area contributed by atoms with Crippen LogP contribution < -0.4 is 10.6 Å². The lowest BCUT2D eigenvalue weighted by Gasteiger charge is -2.26. The van der Waals surface area contributed by atoms with Gasteiger partial charge in [-0.25, -0.2) is 4.98 Å². The van der Waals surface area contributed by atoms with Gasteiger partial charge < -0.3 is 25.4 Å². The Morgan fingerprint density at radius 1 is 1.18 bits per heavy atom. The predicted octanol–water partition coefficient (Wildman–Crippen LogP) is 5.12. The number of halogens is 1. The lowest BCUT2D eigenvalue weighted by molar-refractivity contribution is 0.0303. The summed E-state index contributed by atoms with van der Waals surface area (Å²) in [7, 11) is 0. The molecule has 1 atom stereocenters. The summed E-state index contributed by atoms with van der Waals surface area (Å²) in [4.78, 5) is 14.1. The van der Waals surface area contributed by atoms with Crippen molar-refractivity contribution in [2.45, 2.75) is 71.1 Å². The van der Waals surface area contributed by atoms with E-state index >= 15 is 0 Å². The van der Waals surface area contributed by atoms with Crippen LogP contribution in [-0.2, 0) is 6.54 Å². The van der Waals surface area contributed by atoms with Crippen molar-refractivity contribution in [2.75, 3.05) is 17.2 Å². The zero-order valence-corrected chi connectivity index (χ0v) is 20.2. The number of fused-ring (bicyclic) bond motifs is 1. The summed E-state index contributed by atoms with van der Waals surface area (Å²) < 4.78 is 2.17. The number of hydrogen-bond acceptors (Lipinski definition) is 7. The molecule has 1 aromatic carbocycles. The number of aliphatic hydroxyl groups is 1. The number of rotatable bonds is 8. The highest BCUT2D eigenvalue weighted by molar-refractivity contribution is 6.30. The normalized spacial score (nSPS) is 16.2. The van der Waals surface area contributed by atoms with Gasteiger partial charge in [0.15, 0.2) is 17.0 Å². The number of anilines is 2. The van der Waals surface area contributed by atoms with Crippen molar-refractivity contribution in [2.24, 2.45) is 5.92 Å². The Kier molecular flexibility index (Phi) is 6.95. The molecule has 1 fully saturated rings. The zero-order valence-electron chi connectivity index (χ0n) is 19.5. The second-order valence-electron chi connectivity index (χ2n) is 9.57. The van der Waals surface area contributed by atoms with Crippen LogP contribution in [0.1, 0.15) is 64.5 Å². The number of benzene rings is 1. The van der Waals surface area contributed by atoms with E-state index in [0.29, 0.717) is 47.0 Å². The Balaban J connectivity index is 1.65. The first kappa shape index (κ1) is 23.6. The summed E-state index contributed by atoms with van der Waals surface area (Å²) >= 11 is 6.11. The van der Waals surface area contributed by atoms with E-state index in [1.54, 1.807) is 32.0 Å². The third kappa shape index (κ3) is 5.50. The van der Waals surface area contributed by atoms with E-state index in [1.165, 1.54) is 19.3 Å². The number of imidazole rings is 1. The molecule has 1 saturated carbocycles. The van der Waals surface area contributed by atoms with Crippen molar-refractivity contribution in [3.8, 4) is 5.75 Å². The maximum Gasteiger partial charge on any atom is 0.226 e. The van der Waals surface area contributed by atoms with Gasteiger partial charge in [-0.1, -0.05) is 37.8 Å². The van der Waals surface area contributed by atoms with E-state index in [4.69, 9.17) is 16.6 Å². The van der Waals surface area contributed by atoms with E-state index in [9.17, 15) is 10.2 Å². The molecule has 9 heteroatoms. The number of phenols is 1. The van der Waals surface area contributed by atoms with Gasteiger partial charge in [-0.15, -0.1) is 0 Å². The molecule has 0 amide bonds. The Hall–Kier alpha value is -2.58. The molecule has 4 rings (SSSR count). The van der Waals surface area contributed by atoms with Crippen LogP contribution in [0.25, 0.3) is 11.2 Å². The summed E-state index contributed by atoms with van der Waals surface area (Å²) in [6.07, 6.45) is 7.79. The quantitative estimate of drug-likeness (QED) is 0.360. The third-order valence-corrected chi connectivity index (χ3v) is 6.88. The summed E-state index contributed by atoms with van der Waals surface area (Å²) in [5, 5.41) is 27.6. The Morgan fingerprint density at radius 3 is 2.67 bits per heavy atom. The molecule has 0 spiro atoms. The molecule has 4 N–H and O–H groups in total. The van der Waals surface area contributed by atoms with Crippen LogP contribution in [0.5, 0.6) is 5.75 Å². The lowest BCUT2D eigenvalue weighted by atomic mass is 9.93. The largest absolute Gasteiger partial charge is 0.508 e. The standard InChI is InChI=1S/C24H33ClN6O2/c1-15(24(2,3)33)12-27-23-29-21(26-13-16-11-17(25)9-10-19(16)32)20-22(30-23)31(14-28-20)18-7-5-4-6-8-18/h9-11,14-15,18,32-33H,4-8,12-13H2,1-3H3,(H2,26,27,29,30). The highest BCUT2D eigenvalue weighted by atomic mass is 35.5. The molecule has 1 aliphatic rings. The maximum atomic E-state index is 10.3. The van der Waals surface area contributed by atoms with Gasteiger partial charge in [-0.3, -0.25) is 0 Å². The number of aromatic hydroxyl groups is 1. The first-order valence-electron chi connectivity index (χ1n) is 11.6. The zero-order chi connectivity index (χ0) is 23.6. The molecule has 0 bridgehead atoms. The molecule has 0 aliphatic heterocycles. The highest BCUT2D eigenvalue weighted by Gasteiger charge is 2.24. The van der Waals surface area contributed by atoms with Crippen LogP contribution in [0, 0.1) is 5.92 Å². The maximum absolute atomic E-state index is 10.3. The first-order valence-corrected chi connectivity index (χ1v) is 12.0. The van der Waals surface area contributed by atoms with Crippen LogP contribution in [0.2, 0.25) is 5.02 Å². The van der Waals surface area contributed by atoms with Gasteiger partial charge in [0.1, 0.15) is 5.75 Å². The molecule has 1 aliphatic carbocycles. The number of phenolic OH excluding ortho intramolecular Hbond substituents is 1. The SMILES string of the molecule is CC(CNc1nc(NCc2cc(Cl)ccc2O)c2ncn(C3CCCCC3)c2n1)C(C)(C)O. The second kappa shape index (κ2) is 9.73. The second-order valence-corrected chi connectivity index (χ2v) is 10.0. The van der Waals surface area contributed by atoms with Crippen molar-refractivity contribution in [1.29, 1.82) is 0 Å². The summed E-state index contributed by atoms with van der Waals surface area (Å²) in [6, 6.07) is 5.35. The van der Waals surface area contributed by atoms with Crippen molar-refractivity contribution < 1.29 is 10.2 Å². The van der Waals surface area contributed by atoms with E-state index in [-0.39, 0.29) is 11.7 Å². The lowest BCUT2D eigenvalue weighted by Crippen LogP contribution is -2.33. The topological polar surface area (TPSA) is 108 Å². The van der Waals surface area contributed by atoms with E-state index < -0.39 is 5.60 Å². The van der Waals surface area contributed by atoms with Gasteiger partial charge in [-0.05, 0) is 44.9 Å². The average molecular weight is 473 g/mol. The van der Waals surface area contributed by atoms with Gasteiger partial charge in [-0.2, -0.15) is 9.97 Å². The number of nitrogens with one attached hydrogen (secondary N) is 2. The average Bonchev–Trinajstić information content (AvgIpc) is 3.22. The molecule has 33 heavy (non-hydrogen) atoms. The van der Waals surface area contributed by atoms with Crippen LogP contribution in [0.3, 0.4) is 0 Å². The number of aromatic nitrogens is 4. The Labute approximate surface area is 199 Å². The van der Waals surface area contributed by atoms with Gasteiger partial charge in [0, 0.05) is 35.6 Å². The van der Waals surface area contributed by atoms with Crippen molar-refractivity contribution in [3.63, 3.8) is 0 Å². The highest BCUT2D eigenvalue weighted by Crippen LogP contribution is 2.32. The van der Waals surface area contributed by atoms with Crippen LogP contribution in [0.15, 0.2) is 24.5 Å². The predicted molar refractivity (Wildman–Crippen MR) is 132 cm³/mol. The molecule has 1 unspecified atom stereocenters. The molecule has 2 heterocycles. The van der Waals surface area contributed by atoms with Crippen LogP contribution in [0.4, 0.5) is 11.8 Å². The van der Waals surface area contributed by atoms with Gasteiger partial charge in [0.2, 0.25) is 5.95 Å². The Bertz CT molecular complexity index is 1100.